The van der Waals surface area contributed by atoms with Crippen molar-refractivity contribution in [2.75, 3.05) is 26.4 Å². The van der Waals surface area contributed by atoms with Gasteiger partial charge in [0.05, 0.1) is 19.8 Å². The van der Waals surface area contributed by atoms with Crippen LogP contribution in [0.4, 0.5) is 0 Å². The molecule has 0 aliphatic rings. The van der Waals surface area contributed by atoms with Gasteiger partial charge in [0.1, 0.15) is 12.7 Å². The molecule has 0 spiro atoms. The second-order valence-corrected chi connectivity index (χ2v) is 19.5. The van der Waals surface area contributed by atoms with Gasteiger partial charge in [0.15, 0.2) is 6.10 Å². The van der Waals surface area contributed by atoms with E-state index >= 15 is 0 Å². The molecule has 3 atom stereocenters. The molecule has 0 aromatic carbocycles. The fourth-order valence-electron chi connectivity index (χ4n) is 7.13. The monoisotopic (exact) mass is 1000 g/mol. The number of rotatable bonds is 50. The third kappa shape index (κ3) is 49.6. The Morgan fingerprint density at radius 1 is 0.414 bits per heavy atom. The Kier molecular flexibility index (Phi) is 49.5. The first-order chi connectivity index (χ1) is 34.2. The van der Waals surface area contributed by atoms with Crippen LogP contribution in [0.5, 0.6) is 0 Å². The number of phosphoric acid groups is 1. The molecule has 0 aliphatic carbocycles. The van der Waals surface area contributed by atoms with Gasteiger partial charge in [0.2, 0.25) is 0 Å². The average molecular weight is 1000 g/mol. The normalized spacial score (nSPS) is 14.1. The Morgan fingerprint density at radius 2 is 0.757 bits per heavy atom. The maximum absolute atomic E-state index is 12.8. The van der Waals surface area contributed by atoms with Crippen LogP contribution in [0.15, 0.2) is 85.1 Å². The summed E-state index contributed by atoms with van der Waals surface area (Å²) < 4.78 is 39.3. The Hall–Kier alpha value is -3.34. The van der Waals surface area contributed by atoms with Gasteiger partial charge in [0, 0.05) is 19.3 Å². The van der Waals surface area contributed by atoms with Crippen LogP contribution in [-0.4, -0.2) is 66.5 Å². The van der Waals surface area contributed by atoms with Gasteiger partial charge in [-0.3, -0.25) is 23.4 Å². The predicted octanol–water partition coefficient (Wildman–Crippen LogP) is 15.9. The van der Waals surface area contributed by atoms with Crippen LogP contribution in [0.1, 0.15) is 226 Å². The smallest absolute Gasteiger partial charge is 0.462 e. The summed E-state index contributed by atoms with van der Waals surface area (Å²) in [7, 11) is -4.76. The van der Waals surface area contributed by atoms with Crippen molar-refractivity contribution < 1.29 is 52.2 Å². The zero-order valence-corrected chi connectivity index (χ0v) is 45.1. The standard InChI is InChI=1S/C58H99O11P/c1-4-7-10-13-16-19-21-23-25-27-29-31-33-36-38-41-44-47-56(60)65-51-55(69-58(62)49-46-43-40-37-34-32-30-28-26-24-22-20-17-14-11-8-5-2)53-67-70(63,64)66-52-54(50-59)68-57(61)48-45-42-39-35-18-15-12-9-6-3/h8,11,16-17,19-20,23-26,30,32,37,40,54-55,59H,4-7,9-10,12-15,18,21-22,27-29,31,33-36,38-39,41-53H2,1-3H3,(H,63,64)/b11-8-,19-16-,20-17-,25-23-,26-24-,32-30-,40-37-. The molecule has 0 radical (unpaired) electrons. The fourth-order valence-corrected chi connectivity index (χ4v) is 7.91. The highest BCUT2D eigenvalue weighted by Crippen LogP contribution is 2.43. The van der Waals surface area contributed by atoms with Gasteiger partial charge in [-0.25, -0.2) is 4.57 Å². The SMILES string of the molecule is CC/C=C\C/C=C\C/C=C\C/C=C\C/C=C\CCCC(=O)OC(COC(=O)CCCCCCCCC/C=C\C/C=C\CCCCC)COP(=O)(O)OCC(CO)OC(=O)CCCCCCCCCCC. The fraction of sp³-hybridized carbons (Fsp3) is 0.707. The van der Waals surface area contributed by atoms with Gasteiger partial charge < -0.3 is 24.2 Å². The van der Waals surface area contributed by atoms with Crippen LogP contribution < -0.4 is 0 Å². The average Bonchev–Trinajstić information content (AvgIpc) is 3.35. The van der Waals surface area contributed by atoms with E-state index in [-0.39, 0.29) is 25.9 Å². The van der Waals surface area contributed by atoms with Crippen LogP contribution in [0.3, 0.4) is 0 Å². The van der Waals surface area contributed by atoms with Crippen molar-refractivity contribution in [2.45, 2.75) is 238 Å². The van der Waals surface area contributed by atoms with E-state index < -0.39 is 57.8 Å². The van der Waals surface area contributed by atoms with Crippen molar-refractivity contribution in [2.24, 2.45) is 0 Å². The van der Waals surface area contributed by atoms with E-state index in [2.05, 4.69) is 93.7 Å². The molecule has 0 aliphatic heterocycles. The van der Waals surface area contributed by atoms with Crippen molar-refractivity contribution >= 4 is 25.7 Å². The van der Waals surface area contributed by atoms with Gasteiger partial charge in [-0.1, -0.05) is 202 Å². The van der Waals surface area contributed by atoms with E-state index in [9.17, 15) is 28.9 Å². The number of phosphoric ester groups is 1. The molecule has 70 heavy (non-hydrogen) atoms. The van der Waals surface area contributed by atoms with Crippen LogP contribution >= 0.6 is 7.82 Å². The molecular weight excluding hydrogens is 904 g/mol. The van der Waals surface area contributed by atoms with Gasteiger partial charge in [-0.15, -0.1) is 0 Å². The van der Waals surface area contributed by atoms with Crippen molar-refractivity contribution in [3.63, 3.8) is 0 Å². The Balaban J connectivity index is 4.84. The topological polar surface area (TPSA) is 155 Å². The van der Waals surface area contributed by atoms with Crippen LogP contribution in [0.2, 0.25) is 0 Å². The molecule has 0 aromatic rings. The lowest BCUT2D eigenvalue weighted by Gasteiger charge is -2.21. The van der Waals surface area contributed by atoms with Gasteiger partial charge >= 0.3 is 25.7 Å². The number of ether oxygens (including phenoxy) is 3. The molecule has 0 heterocycles. The lowest BCUT2D eigenvalue weighted by Crippen LogP contribution is -2.30. The molecule has 0 amide bonds. The highest BCUT2D eigenvalue weighted by molar-refractivity contribution is 7.47. The summed E-state index contributed by atoms with van der Waals surface area (Å²) in [4.78, 5) is 48.3. The largest absolute Gasteiger partial charge is 0.472 e. The number of aliphatic hydroxyl groups is 1. The van der Waals surface area contributed by atoms with Crippen LogP contribution in [0, 0.1) is 0 Å². The summed E-state index contributed by atoms with van der Waals surface area (Å²) in [6, 6.07) is 0. The van der Waals surface area contributed by atoms with Gasteiger partial charge in [-0.2, -0.15) is 0 Å². The molecule has 0 bridgehead atoms. The highest BCUT2D eigenvalue weighted by atomic mass is 31.2. The molecule has 0 rings (SSSR count). The predicted molar refractivity (Wildman–Crippen MR) is 288 cm³/mol. The molecule has 0 aromatic heterocycles. The van der Waals surface area contributed by atoms with Crippen LogP contribution in [0.25, 0.3) is 0 Å². The molecule has 0 saturated heterocycles. The number of aliphatic hydroxyl groups excluding tert-OH is 1. The van der Waals surface area contributed by atoms with E-state index in [1.807, 2.05) is 12.2 Å². The summed E-state index contributed by atoms with van der Waals surface area (Å²) in [5.41, 5.74) is 0. The second-order valence-electron chi connectivity index (χ2n) is 18.0. The maximum Gasteiger partial charge on any atom is 0.472 e. The third-order valence-electron chi connectivity index (χ3n) is 11.3. The minimum absolute atomic E-state index is 0.0855. The zero-order chi connectivity index (χ0) is 51.3. The molecule has 3 unspecified atom stereocenters. The summed E-state index contributed by atoms with van der Waals surface area (Å²) in [5, 5.41) is 9.76. The number of esters is 3. The number of allylic oxidation sites excluding steroid dienone is 14. The number of unbranched alkanes of at least 4 members (excludes halogenated alkanes) is 19. The highest BCUT2D eigenvalue weighted by Gasteiger charge is 2.28. The molecule has 0 fully saturated rings. The summed E-state index contributed by atoms with van der Waals surface area (Å²) in [6.45, 7) is 4.40. The molecule has 12 heteroatoms. The first-order valence-corrected chi connectivity index (χ1v) is 29.0. The first-order valence-electron chi connectivity index (χ1n) is 27.5. The molecular formula is C58H99O11P. The maximum atomic E-state index is 12.8. The molecule has 0 saturated carbocycles. The third-order valence-corrected chi connectivity index (χ3v) is 12.3. The number of hydrogen-bond acceptors (Lipinski definition) is 10. The van der Waals surface area contributed by atoms with E-state index in [1.165, 1.54) is 70.6 Å². The van der Waals surface area contributed by atoms with Crippen LogP contribution in [-0.2, 0) is 42.2 Å². The molecule has 11 nitrogen and oxygen atoms in total. The second kappa shape index (κ2) is 52.0. The molecule has 2 N–H and O–H groups in total. The van der Waals surface area contributed by atoms with E-state index in [0.717, 1.165) is 89.9 Å². The number of carbonyl (C=O) groups is 3. The lowest BCUT2D eigenvalue weighted by atomic mass is 10.1. The van der Waals surface area contributed by atoms with E-state index in [0.29, 0.717) is 25.7 Å². The summed E-state index contributed by atoms with van der Waals surface area (Å²) in [6.07, 6.45) is 58.5. The van der Waals surface area contributed by atoms with E-state index in [4.69, 9.17) is 23.3 Å². The number of hydrogen-bond donors (Lipinski definition) is 2. The van der Waals surface area contributed by atoms with Crippen molar-refractivity contribution in [1.29, 1.82) is 0 Å². The summed E-state index contributed by atoms with van der Waals surface area (Å²) >= 11 is 0. The minimum Gasteiger partial charge on any atom is -0.462 e. The number of carbonyl (C=O) groups excluding carboxylic acids is 3. The van der Waals surface area contributed by atoms with Crippen molar-refractivity contribution in [3.05, 3.63) is 85.1 Å². The van der Waals surface area contributed by atoms with Gasteiger partial charge in [-0.05, 0) is 89.9 Å². The lowest BCUT2D eigenvalue weighted by molar-refractivity contribution is -0.161. The minimum atomic E-state index is -4.76. The van der Waals surface area contributed by atoms with Crippen molar-refractivity contribution in [1.82, 2.24) is 0 Å². The Labute approximate surface area is 426 Å². The zero-order valence-electron chi connectivity index (χ0n) is 44.2. The quantitative estimate of drug-likeness (QED) is 0.0197. The van der Waals surface area contributed by atoms with Crippen molar-refractivity contribution in [3.8, 4) is 0 Å². The summed E-state index contributed by atoms with van der Waals surface area (Å²) in [5.74, 6) is -1.55. The Bertz CT molecular complexity index is 1500. The Morgan fingerprint density at radius 3 is 1.23 bits per heavy atom. The first kappa shape index (κ1) is 66.7. The molecule has 402 valence electrons. The van der Waals surface area contributed by atoms with E-state index in [1.54, 1.807) is 0 Å². The van der Waals surface area contributed by atoms with Gasteiger partial charge in [0.25, 0.3) is 0 Å².